The van der Waals surface area contributed by atoms with E-state index in [1.807, 2.05) is 0 Å². The number of aliphatic hydroxyl groups excluding tert-OH is 3. The topological polar surface area (TPSA) is 145 Å². The number of ketones is 1. The van der Waals surface area contributed by atoms with Gasteiger partial charge in [-0.1, -0.05) is 0 Å². The van der Waals surface area contributed by atoms with Crippen molar-refractivity contribution in [2.24, 2.45) is 0 Å². The molecule has 0 saturated carbocycles. The van der Waals surface area contributed by atoms with Gasteiger partial charge in [0.1, 0.15) is 18.8 Å². The Labute approximate surface area is 95.7 Å². The zero-order valence-electron chi connectivity index (χ0n) is 7.93. The number of rotatable bonds is 7. The molecule has 0 saturated heterocycles. The Morgan fingerprint density at radius 1 is 1.31 bits per heavy atom. The summed E-state index contributed by atoms with van der Waals surface area (Å²) in [7, 11) is -4.82. The van der Waals surface area contributed by atoms with E-state index < -0.39 is 44.4 Å². The maximum atomic E-state index is 11.0. The molecule has 0 rings (SSSR count). The second kappa shape index (κ2) is 6.63. The number of aliphatic hydroxyl groups is 3. The third kappa shape index (κ3) is 5.88. The molecule has 3 atom stereocenters. The Hall–Kier alpha value is -0.0500. The standard InChI is InChI=1S/C6H12ClO8P/c7-1-3(8)5(10)6(11)4(9)2-15-16(12,13)14/h3,5-6,8,10-11H,1-2H2,(H2,12,13,14)/t3-,5-,6-/m1/s1. The fourth-order valence-corrected chi connectivity index (χ4v) is 1.20. The van der Waals surface area contributed by atoms with Gasteiger partial charge in [-0.25, -0.2) is 4.57 Å². The van der Waals surface area contributed by atoms with Gasteiger partial charge in [-0.15, -0.1) is 11.6 Å². The lowest BCUT2D eigenvalue weighted by Gasteiger charge is -2.20. The maximum Gasteiger partial charge on any atom is 0.470 e. The number of carbonyl (C=O) groups is 1. The van der Waals surface area contributed by atoms with Crippen LogP contribution >= 0.6 is 19.4 Å². The minimum Gasteiger partial charge on any atom is -0.389 e. The van der Waals surface area contributed by atoms with Crippen molar-refractivity contribution in [2.75, 3.05) is 12.5 Å². The van der Waals surface area contributed by atoms with Gasteiger partial charge in [-0.05, 0) is 0 Å². The summed E-state index contributed by atoms with van der Waals surface area (Å²) in [5.41, 5.74) is 0. The average molecular weight is 279 g/mol. The van der Waals surface area contributed by atoms with Crippen LogP contribution in [0.5, 0.6) is 0 Å². The lowest BCUT2D eigenvalue weighted by atomic mass is 10.1. The Balaban J connectivity index is 4.23. The Kier molecular flexibility index (Phi) is 6.61. The van der Waals surface area contributed by atoms with E-state index in [4.69, 9.17) is 36.7 Å². The predicted octanol–water partition coefficient (Wildman–Crippen LogP) is -2.01. The monoisotopic (exact) mass is 278 g/mol. The van der Waals surface area contributed by atoms with Gasteiger partial charge in [0.05, 0.1) is 12.0 Å². The van der Waals surface area contributed by atoms with Gasteiger partial charge >= 0.3 is 7.82 Å². The molecule has 0 aromatic rings. The van der Waals surface area contributed by atoms with E-state index in [2.05, 4.69) is 4.52 Å². The highest BCUT2D eigenvalue weighted by Gasteiger charge is 2.31. The zero-order chi connectivity index (χ0) is 12.9. The molecule has 0 bridgehead atoms. The Morgan fingerprint density at radius 3 is 2.19 bits per heavy atom. The van der Waals surface area contributed by atoms with Crippen LogP contribution in [0.15, 0.2) is 0 Å². The van der Waals surface area contributed by atoms with E-state index in [9.17, 15) is 9.36 Å². The van der Waals surface area contributed by atoms with Crippen molar-refractivity contribution in [3.63, 3.8) is 0 Å². The van der Waals surface area contributed by atoms with Gasteiger partial charge < -0.3 is 25.1 Å². The molecule has 0 aliphatic carbocycles. The predicted molar refractivity (Wildman–Crippen MR) is 51.7 cm³/mol. The quantitative estimate of drug-likeness (QED) is 0.265. The maximum absolute atomic E-state index is 11.0. The second-order valence-electron chi connectivity index (χ2n) is 2.89. The number of carbonyl (C=O) groups excluding carboxylic acids is 1. The summed E-state index contributed by atoms with van der Waals surface area (Å²) in [6.45, 7) is -1.09. The molecule has 0 aliphatic heterocycles. The summed E-state index contributed by atoms with van der Waals surface area (Å²) in [5.74, 6) is -1.59. The third-order valence-corrected chi connectivity index (χ3v) is 2.36. The summed E-state index contributed by atoms with van der Waals surface area (Å²) >= 11 is 5.16. The SMILES string of the molecule is O=C(COP(=O)(O)O)[C@@H](O)[C@H](O)[C@H](O)CCl. The molecule has 0 amide bonds. The van der Waals surface area contributed by atoms with E-state index in [0.717, 1.165) is 0 Å². The summed E-state index contributed by atoms with van der Waals surface area (Å²) in [6.07, 6.45) is -5.40. The van der Waals surface area contributed by atoms with E-state index in [-0.39, 0.29) is 0 Å². The first-order valence-electron chi connectivity index (χ1n) is 4.02. The molecule has 0 radical (unpaired) electrons. The Morgan fingerprint density at radius 2 is 1.81 bits per heavy atom. The number of phosphoric ester groups is 1. The van der Waals surface area contributed by atoms with Crippen molar-refractivity contribution in [2.45, 2.75) is 18.3 Å². The van der Waals surface area contributed by atoms with E-state index in [0.29, 0.717) is 0 Å². The first-order chi connectivity index (χ1) is 7.19. The number of hydrogen-bond acceptors (Lipinski definition) is 6. The van der Waals surface area contributed by atoms with Gasteiger partial charge in [0.15, 0.2) is 5.78 Å². The number of phosphoric acid groups is 1. The summed E-state index contributed by atoms with van der Waals surface area (Å²) in [4.78, 5) is 27.5. The lowest BCUT2D eigenvalue weighted by molar-refractivity contribution is -0.140. The number of hydrogen-bond donors (Lipinski definition) is 5. The van der Waals surface area contributed by atoms with Crippen LogP contribution in [0, 0.1) is 0 Å². The van der Waals surface area contributed by atoms with E-state index >= 15 is 0 Å². The first-order valence-corrected chi connectivity index (χ1v) is 6.08. The van der Waals surface area contributed by atoms with E-state index in [1.54, 1.807) is 0 Å². The highest BCUT2D eigenvalue weighted by molar-refractivity contribution is 7.46. The molecular formula is C6H12ClO8P. The molecule has 0 spiro atoms. The molecule has 0 aromatic carbocycles. The summed E-state index contributed by atoms with van der Waals surface area (Å²) in [6, 6.07) is 0. The van der Waals surface area contributed by atoms with E-state index in [1.165, 1.54) is 0 Å². The highest BCUT2D eigenvalue weighted by atomic mass is 35.5. The molecule has 0 heterocycles. The van der Waals surface area contributed by atoms with Gasteiger partial charge in [0, 0.05) is 0 Å². The first kappa shape index (κ1) is 16.0. The van der Waals surface area contributed by atoms with Crippen LogP contribution in [0.2, 0.25) is 0 Å². The molecular weight excluding hydrogens is 266 g/mol. The van der Waals surface area contributed by atoms with Crippen molar-refractivity contribution in [3.05, 3.63) is 0 Å². The molecule has 8 nitrogen and oxygen atoms in total. The fourth-order valence-electron chi connectivity index (χ4n) is 0.725. The van der Waals surface area contributed by atoms with Crippen molar-refractivity contribution >= 4 is 25.2 Å². The van der Waals surface area contributed by atoms with Gasteiger partial charge in [-0.3, -0.25) is 9.32 Å². The molecule has 10 heteroatoms. The van der Waals surface area contributed by atoms with Crippen LogP contribution < -0.4 is 0 Å². The minimum atomic E-state index is -4.82. The van der Waals surface area contributed by atoms with Crippen LogP contribution in [0.3, 0.4) is 0 Å². The molecule has 16 heavy (non-hydrogen) atoms. The number of Topliss-reactive ketones (excluding diaryl/α,β-unsaturated/α-hetero) is 1. The van der Waals surface area contributed by atoms with Crippen LogP contribution in [-0.4, -0.2) is 61.7 Å². The van der Waals surface area contributed by atoms with Gasteiger partial charge in [-0.2, -0.15) is 0 Å². The molecule has 0 fully saturated rings. The van der Waals surface area contributed by atoms with Crippen molar-refractivity contribution < 1.29 is 39.0 Å². The number of alkyl halides is 1. The molecule has 96 valence electrons. The highest BCUT2D eigenvalue weighted by Crippen LogP contribution is 2.35. The molecule has 0 unspecified atom stereocenters. The van der Waals surface area contributed by atoms with Gasteiger partial charge in [0.2, 0.25) is 0 Å². The van der Waals surface area contributed by atoms with Crippen LogP contribution in [-0.2, 0) is 13.9 Å². The third-order valence-electron chi connectivity index (χ3n) is 1.58. The van der Waals surface area contributed by atoms with Crippen molar-refractivity contribution in [1.29, 1.82) is 0 Å². The smallest absolute Gasteiger partial charge is 0.389 e. The number of halogens is 1. The van der Waals surface area contributed by atoms with Crippen molar-refractivity contribution in [3.8, 4) is 0 Å². The molecule has 5 N–H and O–H groups in total. The average Bonchev–Trinajstić information content (AvgIpc) is 2.21. The lowest BCUT2D eigenvalue weighted by Crippen LogP contribution is -2.44. The summed E-state index contributed by atoms with van der Waals surface area (Å²) in [5, 5.41) is 27.2. The van der Waals surface area contributed by atoms with Crippen LogP contribution in [0.25, 0.3) is 0 Å². The molecule has 0 aliphatic rings. The minimum absolute atomic E-state index is 0.412. The Bertz CT molecular complexity index is 278. The molecule has 0 aromatic heterocycles. The second-order valence-corrected chi connectivity index (χ2v) is 4.44. The van der Waals surface area contributed by atoms with Gasteiger partial charge in [0.25, 0.3) is 0 Å². The normalized spacial score (nSPS) is 17.9. The van der Waals surface area contributed by atoms with Crippen LogP contribution in [0.1, 0.15) is 0 Å². The van der Waals surface area contributed by atoms with Crippen LogP contribution in [0.4, 0.5) is 0 Å². The van der Waals surface area contributed by atoms with Crippen molar-refractivity contribution in [1.82, 2.24) is 0 Å². The fraction of sp³-hybridized carbons (Fsp3) is 0.833. The largest absolute Gasteiger partial charge is 0.470 e. The summed E-state index contributed by atoms with van der Waals surface area (Å²) < 4.78 is 14.0. The zero-order valence-corrected chi connectivity index (χ0v) is 9.58.